The Bertz CT molecular complexity index is 480. The van der Waals surface area contributed by atoms with E-state index in [2.05, 4.69) is 4.98 Å². The lowest BCUT2D eigenvalue weighted by Crippen LogP contribution is -2.46. The van der Waals surface area contributed by atoms with E-state index < -0.39 is 34.0 Å². The fourth-order valence-electron chi connectivity index (χ4n) is 1.20. The number of halogens is 5. The highest BCUT2D eigenvalue weighted by molar-refractivity contribution is 7.90. The van der Waals surface area contributed by atoms with Crippen LogP contribution < -0.4 is 4.72 Å². The van der Waals surface area contributed by atoms with E-state index in [1.807, 2.05) is 4.72 Å². The SMILES string of the molecule is CC(C)(C)[S+]([O-])N[C@H](c1ncc(Cl)cc1Cl)C(F)(F)F. The Balaban J connectivity index is 3.14. The van der Waals surface area contributed by atoms with Crippen LogP contribution >= 0.6 is 23.2 Å². The largest absolute Gasteiger partial charge is 0.598 e. The minimum Gasteiger partial charge on any atom is -0.598 e. The topological polar surface area (TPSA) is 48.0 Å². The maximum absolute atomic E-state index is 13.1. The molecule has 1 aromatic rings. The molecule has 0 aliphatic heterocycles. The maximum atomic E-state index is 13.1. The van der Waals surface area contributed by atoms with Crippen LogP contribution in [0.25, 0.3) is 0 Å². The molecule has 20 heavy (non-hydrogen) atoms. The second-order valence-corrected chi connectivity index (χ2v) is 7.84. The van der Waals surface area contributed by atoms with Crippen LogP contribution in [0.4, 0.5) is 13.2 Å². The van der Waals surface area contributed by atoms with Crippen LogP contribution in [0.5, 0.6) is 0 Å². The Kier molecular flexibility index (Phi) is 5.60. The molecule has 1 unspecified atom stereocenters. The van der Waals surface area contributed by atoms with Gasteiger partial charge in [0.25, 0.3) is 0 Å². The van der Waals surface area contributed by atoms with Crippen LogP contribution in [0.3, 0.4) is 0 Å². The van der Waals surface area contributed by atoms with Crippen LogP contribution in [-0.2, 0) is 11.4 Å². The van der Waals surface area contributed by atoms with Gasteiger partial charge in [-0.2, -0.15) is 13.2 Å². The number of pyridine rings is 1. The van der Waals surface area contributed by atoms with E-state index >= 15 is 0 Å². The van der Waals surface area contributed by atoms with Gasteiger partial charge in [0.05, 0.1) is 15.7 Å². The number of aromatic nitrogens is 1. The molecule has 0 bridgehead atoms. The van der Waals surface area contributed by atoms with Crippen LogP contribution in [0, 0.1) is 0 Å². The molecule has 0 fully saturated rings. The van der Waals surface area contributed by atoms with E-state index in [0.29, 0.717) is 0 Å². The Morgan fingerprint density at radius 3 is 2.25 bits per heavy atom. The van der Waals surface area contributed by atoms with Crippen molar-refractivity contribution in [3.63, 3.8) is 0 Å². The minimum atomic E-state index is -4.69. The van der Waals surface area contributed by atoms with Crippen molar-refractivity contribution in [3.8, 4) is 0 Å². The van der Waals surface area contributed by atoms with Crippen molar-refractivity contribution in [1.29, 1.82) is 0 Å². The highest BCUT2D eigenvalue weighted by Gasteiger charge is 2.47. The second-order valence-electron chi connectivity index (χ2n) is 4.99. The van der Waals surface area contributed by atoms with Gasteiger partial charge in [-0.15, -0.1) is 4.72 Å². The van der Waals surface area contributed by atoms with Gasteiger partial charge in [-0.1, -0.05) is 23.2 Å². The van der Waals surface area contributed by atoms with Gasteiger partial charge in [0, 0.05) is 17.6 Å². The first-order valence-electron chi connectivity index (χ1n) is 5.48. The summed E-state index contributed by atoms with van der Waals surface area (Å²) in [5.74, 6) is 0. The highest BCUT2D eigenvalue weighted by atomic mass is 35.5. The first kappa shape index (κ1) is 17.8. The molecule has 1 aromatic heterocycles. The zero-order valence-electron chi connectivity index (χ0n) is 10.9. The summed E-state index contributed by atoms with van der Waals surface area (Å²) >= 11 is 9.42. The Labute approximate surface area is 128 Å². The van der Waals surface area contributed by atoms with E-state index in [-0.39, 0.29) is 10.0 Å². The smallest absolute Gasteiger partial charge is 0.413 e. The van der Waals surface area contributed by atoms with Crippen molar-refractivity contribution in [2.24, 2.45) is 0 Å². The summed E-state index contributed by atoms with van der Waals surface area (Å²) in [5.41, 5.74) is -0.457. The molecule has 1 rings (SSSR count). The average Bonchev–Trinajstić information content (AvgIpc) is 2.23. The zero-order chi connectivity index (χ0) is 15.7. The predicted molar refractivity (Wildman–Crippen MR) is 74.1 cm³/mol. The molecule has 0 aromatic carbocycles. The average molecular weight is 349 g/mol. The molecule has 3 nitrogen and oxygen atoms in total. The zero-order valence-corrected chi connectivity index (χ0v) is 13.2. The van der Waals surface area contributed by atoms with Gasteiger partial charge in [-0.25, -0.2) is 0 Å². The lowest BCUT2D eigenvalue weighted by atomic mass is 10.2. The van der Waals surface area contributed by atoms with Crippen molar-refractivity contribution in [2.75, 3.05) is 0 Å². The third-order valence-corrected chi connectivity index (χ3v) is 4.29. The molecule has 2 atom stereocenters. The quantitative estimate of drug-likeness (QED) is 0.838. The Morgan fingerprint density at radius 1 is 1.30 bits per heavy atom. The molecule has 0 aliphatic rings. The number of hydrogen-bond donors (Lipinski definition) is 1. The van der Waals surface area contributed by atoms with Crippen LogP contribution in [-0.4, -0.2) is 20.5 Å². The molecule has 114 valence electrons. The molecule has 0 amide bonds. The van der Waals surface area contributed by atoms with Crippen LogP contribution in [0.15, 0.2) is 12.3 Å². The first-order chi connectivity index (χ1) is 8.93. The van der Waals surface area contributed by atoms with Crippen LogP contribution in [0.2, 0.25) is 10.0 Å². The third kappa shape index (κ3) is 4.66. The molecule has 1 N–H and O–H groups in total. The van der Waals surface area contributed by atoms with Crippen LogP contribution in [0.1, 0.15) is 32.5 Å². The number of nitrogens with zero attached hydrogens (tertiary/aromatic N) is 1. The minimum absolute atomic E-state index is 0.122. The lowest BCUT2D eigenvalue weighted by Gasteiger charge is -2.29. The lowest BCUT2D eigenvalue weighted by molar-refractivity contribution is -0.153. The number of rotatable bonds is 3. The molecule has 9 heteroatoms. The summed E-state index contributed by atoms with van der Waals surface area (Å²) in [6.07, 6.45) is -3.63. The molecule has 0 aliphatic carbocycles. The molecule has 1 heterocycles. The van der Waals surface area contributed by atoms with E-state index in [1.54, 1.807) is 20.8 Å². The molecule has 0 spiro atoms. The normalized spacial score (nSPS) is 16.1. The molecular weight excluding hydrogens is 336 g/mol. The number of nitrogens with one attached hydrogen (secondary N) is 1. The van der Waals surface area contributed by atoms with Gasteiger partial charge in [-0.3, -0.25) is 4.98 Å². The molecular formula is C11H13Cl2F3N2OS. The number of alkyl halides is 3. The summed E-state index contributed by atoms with van der Waals surface area (Å²) < 4.78 is 52.4. The van der Waals surface area contributed by atoms with Gasteiger partial charge in [0.2, 0.25) is 0 Å². The maximum Gasteiger partial charge on any atom is 0.413 e. The molecule has 0 saturated carbocycles. The highest BCUT2D eigenvalue weighted by Crippen LogP contribution is 2.37. The van der Waals surface area contributed by atoms with Crippen molar-refractivity contribution in [3.05, 3.63) is 28.0 Å². The van der Waals surface area contributed by atoms with Crippen molar-refractivity contribution >= 4 is 34.6 Å². The fraction of sp³-hybridized carbons (Fsp3) is 0.545. The summed E-state index contributed by atoms with van der Waals surface area (Å²) in [4.78, 5) is 3.60. The van der Waals surface area contributed by atoms with E-state index in [4.69, 9.17) is 23.2 Å². The standard InChI is InChI=1S/C11H13Cl2F3N2OS/c1-10(2,3)20(19)18-9(11(14,15)16)8-7(13)4-6(12)5-17-8/h4-5,9,18H,1-3H3/t9-,20?/m1/s1. The van der Waals surface area contributed by atoms with Gasteiger partial charge >= 0.3 is 6.18 Å². The first-order valence-corrected chi connectivity index (χ1v) is 7.39. The Hall–Kier alpha value is -0.210. The second kappa shape index (κ2) is 6.27. The molecule has 0 radical (unpaired) electrons. The summed E-state index contributed by atoms with van der Waals surface area (Å²) in [5, 5.41) is -0.116. The van der Waals surface area contributed by atoms with Crippen molar-refractivity contribution in [2.45, 2.75) is 37.7 Å². The summed E-state index contributed by atoms with van der Waals surface area (Å²) in [6.45, 7) is 4.67. The molecule has 0 saturated heterocycles. The Morgan fingerprint density at radius 2 is 1.85 bits per heavy atom. The summed E-state index contributed by atoms with van der Waals surface area (Å²) in [7, 11) is 0. The number of hydrogen-bond acceptors (Lipinski definition) is 3. The third-order valence-electron chi connectivity index (χ3n) is 2.22. The fourth-order valence-corrected chi connectivity index (χ4v) is 2.50. The van der Waals surface area contributed by atoms with Gasteiger partial charge in [-0.05, 0) is 26.8 Å². The monoisotopic (exact) mass is 348 g/mol. The van der Waals surface area contributed by atoms with E-state index in [9.17, 15) is 17.7 Å². The van der Waals surface area contributed by atoms with E-state index in [0.717, 1.165) is 12.3 Å². The van der Waals surface area contributed by atoms with Gasteiger partial charge in [0.1, 0.15) is 4.75 Å². The predicted octanol–water partition coefficient (Wildman–Crippen LogP) is 4.04. The van der Waals surface area contributed by atoms with Crippen molar-refractivity contribution < 1.29 is 17.7 Å². The summed E-state index contributed by atoms with van der Waals surface area (Å²) in [6, 6.07) is -1.07. The van der Waals surface area contributed by atoms with E-state index in [1.165, 1.54) is 0 Å². The van der Waals surface area contributed by atoms with Crippen molar-refractivity contribution in [1.82, 2.24) is 9.71 Å². The van der Waals surface area contributed by atoms with Gasteiger partial charge < -0.3 is 4.55 Å². The van der Waals surface area contributed by atoms with Gasteiger partial charge in [0.15, 0.2) is 6.04 Å².